The summed E-state index contributed by atoms with van der Waals surface area (Å²) >= 11 is 0. The van der Waals surface area contributed by atoms with Crippen LogP contribution in [0.4, 0.5) is 0 Å². The van der Waals surface area contributed by atoms with E-state index in [4.69, 9.17) is 10.6 Å². The van der Waals surface area contributed by atoms with Crippen LogP contribution in [0.25, 0.3) is 10.4 Å². The third-order valence-corrected chi connectivity index (χ3v) is 1.86. The molecule has 0 aliphatic heterocycles. The third-order valence-electron chi connectivity index (χ3n) is 1.86. The van der Waals surface area contributed by atoms with Crippen molar-refractivity contribution in [1.29, 1.82) is 0 Å². The smallest absolute Gasteiger partial charge is 0.223 e. The normalized spacial score (nSPS) is 15.3. The topological polar surface area (TPSA) is 147 Å². The summed E-state index contributed by atoms with van der Waals surface area (Å²) in [5.41, 5.74) is 7.93. The first kappa shape index (κ1) is 13.8. The predicted molar refractivity (Wildman–Crippen MR) is 48.5 cm³/mol. The van der Waals surface area contributed by atoms with Crippen molar-refractivity contribution >= 4 is 5.78 Å². The van der Waals surface area contributed by atoms with Gasteiger partial charge >= 0.3 is 0 Å². The summed E-state index contributed by atoms with van der Waals surface area (Å²) in [6.07, 6.45) is -4.18. The molecule has 0 amide bonds. The molecule has 0 spiro atoms. The predicted octanol–water partition coefficient (Wildman–Crippen LogP) is -1.32. The number of aliphatic hydroxyl groups excluding tert-OH is 2. The zero-order chi connectivity index (χ0) is 12.1. The molecular weight excluding hydrogens is 206 g/mol. The first-order chi connectivity index (χ1) is 6.87. The van der Waals surface area contributed by atoms with Crippen LogP contribution in [0, 0.1) is 0 Å². The molecule has 0 fully saturated rings. The maximum Gasteiger partial charge on any atom is 0.223 e. The van der Waals surface area contributed by atoms with E-state index in [1.807, 2.05) is 0 Å². The lowest BCUT2D eigenvalue weighted by atomic mass is 9.99. The van der Waals surface area contributed by atoms with Gasteiger partial charge in [0.05, 0.1) is 6.54 Å². The Hall–Kier alpha value is -1.18. The van der Waals surface area contributed by atoms with Gasteiger partial charge in [-0.05, 0) is 5.53 Å². The van der Waals surface area contributed by atoms with Crippen molar-refractivity contribution in [3.63, 3.8) is 0 Å². The van der Waals surface area contributed by atoms with E-state index in [1.54, 1.807) is 0 Å². The highest BCUT2D eigenvalue weighted by Gasteiger charge is 2.43. The van der Waals surface area contributed by atoms with E-state index < -0.39 is 30.3 Å². The van der Waals surface area contributed by atoms with E-state index in [0.717, 1.165) is 0 Å². The standard InChI is InChI=1S/C7H13N3O5/c1-2-4(11)6(13)7(14,15)5(12)3-9-10-8/h5-6,12-15H,2-3H2,1H3/t5-,6+/m1/s1. The van der Waals surface area contributed by atoms with Gasteiger partial charge in [0.2, 0.25) is 5.79 Å². The largest absolute Gasteiger partial charge is 0.387 e. The molecule has 0 saturated heterocycles. The molecule has 0 rings (SSSR count). The number of aliphatic hydroxyl groups is 4. The van der Waals surface area contributed by atoms with Gasteiger partial charge in [0, 0.05) is 11.3 Å². The molecule has 0 saturated carbocycles. The number of hydrogen-bond donors (Lipinski definition) is 4. The molecule has 15 heavy (non-hydrogen) atoms. The van der Waals surface area contributed by atoms with E-state index >= 15 is 0 Å². The lowest BCUT2D eigenvalue weighted by Crippen LogP contribution is -2.56. The van der Waals surface area contributed by atoms with Gasteiger partial charge in [0.15, 0.2) is 11.9 Å². The van der Waals surface area contributed by atoms with E-state index in [1.165, 1.54) is 6.92 Å². The molecule has 0 bridgehead atoms. The third kappa shape index (κ3) is 3.46. The number of azide groups is 1. The van der Waals surface area contributed by atoms with Crippen molar-refractivity contribution in [3.8, 4) is 0 Å². The SMILES string of the molecule is CCC(=O)[C@H](O)C(O)(O)[C@H](O)CN=[N+]=[N-]. The average Bonchev–Trinajstić information content (AvgIpc) is 2.23. The molecule has 0 aliphatic rings. The van der Waals surface area contributed by atoms with Crippen molar-refractivity contribution in [3.05, 3.63) is 10.4 Å². The highest BCUT2D eigenvalue weighted by Crippen LogP contribution is 2.15. The summed E-state index contributed by atoms with van der Waals surface area (Å²) in [7, 11) is 0. The number of Topliss-reactive ketones (excluding diaryl/α,β-unsaturated/α-hetero) is 1. The van der Waals surface area contributed by atoms with E-state index in [-0.39, 0.29) is 6.42 Å². The fraction of sp³-hybridized carbons (Fsp3) is 0.857. The molecule has 2 atom stereocenters. The van der Waals surface area contributed by atoms with Gasteiger partial charge in [-0.2, -0.15) is 0 Å². The van der Waals surface area contributed by atoms with Crippen molar-refractivity contribution in [2.24, 2.45) is 5.11 Å². The summed E-state index contributed by atoms with van der Waals surface area (Å²) < 4.78 is 0. The Labute approximate surface area is 85.4 Å². The van der Waals surface area contributed by atoms with Gasteiger partial charge in [-0.3, -0.25) is 4.79 Å². The van der Waals surface area contributed by atoms with Crippen LogP contribution in [0.3, 0.4) is 0 Å². The Balaban J connectivity index is 4.63. The van der Waals surface area contributed by atoms with Crippen LogP contribution >= 0.6 is 0 Å². The second-order valence-corrected chi connectivity index (χ2v) is 2.93. The van der Waals surface area contributed by atoms with Gasteiger partial charge in [-0.15, -0.1) is 0 Å². The van der Waals surface area contributed by atoms with Gasteiger partial charge in [-0.1, -0.05) is 12.0 Å². The molecule has 0 aromatic carbocycles. The molecule has 0 aromatic rings. The minimum atomic E-state index is -3.01. The highest BCUT2D eigenvalue weighted by molar-refractivity contribution is 5.83. The van der Waals surface area contributed by atoms with Gasteiger partial charge in [-0.25, -0.2) is 0 Å². The summed E-state index contributed by atoms with van der Waals surface area (Å²) in [5, 5.41) is 39.7. The van der Waals surface area contributed by atoms with Crippen molar-refractivity contribution in [1.82, 2.24) is 0 Å². The quantitative estimate of drug-likeness (QED) is 0.189. The molecule has 0 unspecified atom stereocenters. The average molecular weight is 219 g/mol. The number of hydrogen-bond acceptors (Lipinski definition) is 6. The van der Waals surface area contributed by atoms with Gasteiger partial charge in [0.1, 0.15) is 6.10 Å². The fourth-order valence-corrected chi connectivity index (χ4v) is 0.861. The Morgan fingerprint density at radius 3 is 2.47 bits per heavy atom. The number of carbonyl (C=O) groups is 1. The molecular formula is C7H13N3O5. The first-order valence-electron chi connectivity index (χ1n) is 4.22. The Kier molecular flexibility index (Phi) is 5.20. The molecule has 86 valence electrons. The maximum absolute atomic E-state index is 11.0. The maximum atomic E-state index is 11.0. The molecule has 8 nitrogen and oxygen atoms in total. The summed E-state index contributed by atoms with van der Waals surface area (Å²) in [5.74, 6) is -3.85. The van der Waals surface area contributed by atoms with Crippen LogP contribution in [0.2, 0.25) is 0 Å². The number of nitrogens with zero attached hydrogens (tertiary/aromatic N) is 3. The summed E-state index contributed by atoms with van der Waals surface area (Å²) in [4.78, 5) is 13.2. The Bertz CT molecular complexity index is 274. The zero-order valence-electron chi connectivity index (χ0n) is 8.11. The first-order valence-corrected chi connectivity index (χ1v) is 4.22. The van der Waals surface area contributed by atoms with Crippen LogP contribution in [-0.2, 0) is 4.79 Å². The van der Waals surface area contributed by atoms with Crippen molar-refractivity contribution < 1.29 is 25.2 Å². The molecule has 8 heteroatoms. The molecule has 0 heterocycles. The van der Waals surface area contributed by atoms with Crippen molar-refractivity contribution in [2.45, 2.75) is 31.3 Å². The molecule has 4 N–H and O–H groups in total. The van der Waals surface area contributed by atoms with Crippen LogP contribution in [0.1, 0.15) is 13.3 Å². The number of rotatable bonds is 6. The van der Waals surface area contributed by atoms with E-state index in [0.29, 0.717) is 0 Å². The monoisotopic (exact) mass is 219 g/mol. The minimum Gasteiger partial charge on any atom is -0.387 e. The highest BCUT2D eigenvalue weighted by atomic mass is 16.5. The van der Waals surface area contributed by atoms with E-state index in [9.17, 15) is 20.1 Å². The van der Waals surface area contributed by atoms with Crippen LogP contribution in [-0.4, -0.2) is 50.7 Å². The molecule has 0 aromatic heterocycles. The second-order valence-electron chi connectivity index (χ2n) is 2.93. The summed E-state index contributed by atoms with van der Waals surface area (Å²) in [6, 6.07) is 0. The van der Waals surface area contributed by atoms with Crippen LogP contribution in [0.5, 0.6) is 0 Å². The fourth-order valence-electron chi connectivity index (χ4n) is 0.861. The van der Waals surface area contributed by atoms with Crippen LogP contribution in [0.15, 0.2) is 5.11 Å². The Morgan fingerprint density at radius 2 is 2.07 bits per heavy atom. The molecule has 0 radical (unpaired) electrons. The Morgan fingerprint density at radius 1 is 1.53 bits per heavy atom. The van der Waals surface area contributed by atoms with E-state index in [2.05, 4.69) is 10.0 Å². The summed E-state index contributed by atoms with van der Waals surface area (Å²) in [6.45, 7) is 0.763. The van der Waals surface area contributed by atoms with Crippen molar-refractivity contribution in [2.75, 3.05) is 6.54 Å². The number of carbonyl (C=O) groups excluding carboxylic acids is 1. The minimum absolute atomic E-state index is 0.113. The van der Waals surface area contributed by atoms with Crippen LogP contribution < -0.4 is 0 Å². The lowest BCUT2D eigenvalue weighted by Gasteiger charge is -2.29. The lowest BCUT2D eigenvalue weighted by molar-refractivity contribution is -0.265. The molecule has 0 aliphatic carbocycles. The number of ketones is 1. The zero-order valence-corrected chi connectivity index (χ0v) is 8.11. The van der Waals surface area contributed by atoms with Gasteiger partial charge < -0.3 is 20.4 Å². The second kappa shape index (κ2) is 5.64. The van der Waals surface area contributed by atoms with Gasteiger partial charge in [0.25, 0.3) is 0 Å².